The zero-order valence-corrected chi connectivity index (χ0v) is 42.3. The Bertz CT molecular complexity index is 1990. The molecule has 1 fully saturated rings. The fourth-order valence-electron chi connectivity index (χ4n) is 8.69. The lowest BCUT2D eigenvalue weighted by Gasteiger charge is -2.42. The minimum atomic E-state index is -0.542. The summed E-state index contributed by atoms with van der Waals surface area (Å²) >= 11 is 0. The van der Waals surface area contributed by atoms with E-state index in [1.807, 2.05) is 36.4 Å². The molecule has 0 aromatic heterocycles. The summed E-state index contributed by atoms with van der Waals surface area (Å²) in [7, 11) is 0. The molecular formula is C54H82N3O6+. The Labute approximate surface area is 380 Å². The lowest BCUT2D eigenvalue weighted by molar-refractivity contribution is -0.800. The van der Waals surface area contributed by atoms with Crippen molar-refractivity contribution in [3.8, 4) is 17.2 Å². The average molecular weight is 869 g/mol. The van der Waals surface area contributed by atoms with Crippen LogP contribution in [0.25, 0.3) is 0 Å². The van der Waals surface area contributed by atoms with E-state index in [1.165, 1.54) is 0 Å². The van der Waals surface area contributed by atoms with E-state index in [9.17, 15) is 29.7 Å². The lowest BCUT2D eigenvalue weighted by Crippen LogP contribution is -2.70. The molecular weight excluding hydrogens is 787 g/mol. The third-order valence-corrected chi connectivity index (χ3v) is 12.6. The Hall–Kier alpha value is -4.21. The van der Waals surface area contributed by atoms with Crippen LogP contribution < -0.4 is 5.32 Å². The summed E-state index contributed by atoms with van der Waals surface area (Å²) in [5.41, 5.74) is 5.66. The summed E-state index contributed by atoms with van der Waals surface area (Å²) in [5, 5.41) is 37.4. The van der Waals surface area contributed by atoms with E-state index in [-0.39, 0.29) is 107 Å². The van der Waals surface area contributed by atoms with Gasteiger partial charge in [-0.2, -0.15) is 4.48 Å². The van der Waals surface area contributed by atoms with Gasteiger partial charge in [-0.05, 0) is 102 Å². The third-order valence-electron chi connectivity index (χ3n) is 12.6. The predicted octanol–water partition coefficient (Wildman–Crippen LogP) is 11.0. The number of phenols is 3. The number of hydrogen-bond acceptors (Lipinski definition) is 7. The van der Waals surface area contributed by atoms with Crippen molar-refractivity contribution < 1.29 is 34.2 Å². The minimum absolute atomic E-state index is 0.0631. The zero-order chi connectivity index (χ0) is 48.1. The van der Waals surface area contributed by atoms with Crippen molar-refractivity contribution in [3.05, 3.63) is 86.5 Å². The highest BCUT2D eigenvalue weighted by Gasteiger charge is 2.48. The van der Waals surface area contributed by atoms with Crippen LogP contribution in [0.4, 0.5) is 0 Å². The molecule has 4 rings (SSSR count). The maximum atomic E-state index is 14.9. The van der Waals surface area contributed by atoms with Crippen molar-refractivity contribution in [2.24, 2.45) is 0 Å². The van der Waals surface area contributed by atoms with Gasteiger partial charge in [0, 0.05) is 6.42 Å². The number of imide groups is 1. The number of aromatic hydroxyl groups is 3. The van der Waals surface area contributed by atoms with E-state index in [4.69, 9.17) is 0 Å². The van der Waals surface area contributed by atoms with E-state index >= 15 is 0 Å². The van der Waals surface area contributed by atoms with Gasteiger partial charge in [0.1, 0.15) is 23.9 Å². The van der Waals surface area contributed by atoms with E-state index in [0.29, 0.717) is 19.3 Å². The van der Waals surface area contributed by atoms with Gasteiger partial charge in [0.25, 0.3) is 0 Å². The normalized spacial score (nSPS) is 15.4. The number of phenolic OH excluding ortho intramolecular Hbond substituents is 3. The number of aryl methyl sites for hydroxylation is 3. The number of rotatable bonds is 9. The molecule has 1 saturated heterocycles. The number of nitrogens with one attached hydrogen (secondary N) is 1. The summed E-state index contributed by atoms with van der Waals surface area (Å²) in [4.78, 5) is 45.7. The molecule has 3 aromatic carbocycles. The molecule has 3 amide bonds. The molecule has 348 valence electrons. The molecule has 0 bridgehead atoms. The first-order valence-corrected chi connectivity index (χ1v) is 23.0. The number of carbonyl (C=O) groups is 3. The van der Waals surface area contributed by atoms with Gasteiger partial charge < -0.3 is 15.3 Å². The van der Waals surface area contributed by atoms with E-state index in [0.717, 1.165) is 50.1 Å². The zero-order valence-electron chi connectivity index (χ0n) is 42.3. The fourth-order valence-corrected chi connectivity index (χ4v) is 8.69. The molecule has 0 unspecified atom stereocenters. The fraction of sp³-hybridized carbons (Fsp3) is 0.611. The van der Waals surface area contributed by atoms with Crippen LogP contribution in [0.15, 0.2) is 36.4 Å². The quantitative estimate of drug-likeness (QED) is 0.158. The Morgan fingerprint density at radius 3 is 0.984 bits per heavy atom. The average Bonchev–Trinajstić information content (AvgIpc) is 3.13. The topological polar surface area (TPSA) is 127 Å². The van der Waals surface area contributed by atoms with E-state index in [2.05, 4.69) is 130 Å². The van der Waals surface area contributed by atoms with Gasteiger partial charge in [0.2, 0.25) is 5.91 Å². The van der Waals surface area contributed by atoms with Crippen molar-refractivity contribution in [1.82, 2.24) is 10.2 Å². The first-order valence-electron chi connectivity index (χ1n) is 23.0. The van der Waals surface area contributed by atoms with Crippen LogP contribution in [0.1, 0.15) is 194 Å². The molecule has 1 aliphatic rings. The first-order chi connectivity index (χ1) is 28.5. The minimum Gasteiger partial charge on any atom is -0.507 e. The van der Waals surface area contributed by atoms with Gasteiger partial charge in [-0.25, -0.2) is 9.59 Å². The largest absolute Gasteiger partial charge is 0.507 e. The van der Waals surface area contributed by atoms with Gasteiger partial charge in [0.05, 0.1) is 19.5 Å². The van der Waals surface area contributed by atoms with Crippen LogP contribution in [0.5, 0.6) is 17.2 Å². The highest BCUT2D eigenvalue weighted by molar-refractivity contribution is 5.86. The van der Waals surface area contributed by atoms with Crippen LogP contribution in [-0.4, -0.2) is 62.4 Å². The molecule has 4 N–H and O–H groups in total. The number of hydrogen-bond donors (Lipinski definition) is 4. The van der Waals surface area contributed by atoms with Gasteiger partial charge in [-0.15, -0.1) is 0 Å². The number of nitrogens with zero attached hydrogens (tertiary/aromatic N) is 2. The molecule has 63 heavy (non-hydrogen) atoms. The lowest BCUT2D eigenvalue weighted by atomic mass is 9.78. The number of quaternary nitrogens is 1. The number of carbonyl (C=O) groups excluding carboxylic acids is 3. The second-order valence-corrected chi connectivity index (χ2v) is 24.5. The highest BCUT2D eigenvalue weighted by Crippen LogP contribution is 2.43. The molecule has 1 aliphatic heterocycles. The van der Waals surface area contributed by atoms with Crippen LogP contribution in [0.2, 0.25) is 0 Å². The van der Waals surface area contributed by atoms with Gasteiger partial charge in [0.15, 0.2) is 6.67 Å². The number of benzene rings is 3. The highest BCUT2D eigenvalue weighted by atomic mass is 16.3. The molecule has 0 saturated carbocycles. The SMILES string of the molecule is CC(C)(C)c1cc(CCC(=O)N2CNC[N+](C(=O)CCc3cc(C(C)(C)C)c(O)c(C(C)(C)C)c3)(C(=O)CCc3cc(C(C)(C)C)c(O)c(C(C)(C)C)c3)C2)cc(C(C)(C)C)c1O. The van der Waals surface area contributed by atoms with E-state index in [1.54, 1.807) is 4.90 Å². The van der Waals surface area contributed by atoms with Crippen molar-refractivity contribution in [2.75, 3.05) is 20.0 Å². The van der Waals surface area contributed by atoms with E-state index < -0.39 is 4.48 Å². The summed E-state index contributed by atoms with van der Waals surface area (Å²) < 4.78 is -0.542. The van der Waals surface area contributed by atoms with Gasteiger partial charge in [-0.3, -0.25) is 15.0 Å². The Kier molecular flexibility index (Phi) is 14.7. The molecule has 0 atom stereocenters. The molecule has 0 radical (unpaired) electrons. The smallest absolute Gasteiger partial charge is 0.323 e. The van der Waals surface area contributed by atoms with Gasteiger partial charge >= 0.3 is 11.8 Å². The summed E-state index contributed by atoms with van der Waals surface area (Å²) in [6.45, 7) is 37.3. The maximum absolute atomic E-state index is 14.9. The summed E-state index contributed by atoms with van der Waals surface area (Å²) in [6.07, 6.45) is 1.45. The second-order valence-electron chi connectivity index (χ2n) is 24.5. The molecule has 0 spiro atoms. The van der Waals surface area contributed by atoms with Crippen molar-refractivity contribution in [2.45, 2.75) is 196 Å². The Morgan fingerprint density at radius 1 is 0.476 bits per heavy atom. The molecule has 0 aliphatic carbocycles. The third kappa shape index (κ3) is 11.9. The van der Waals surface area contributed by atoms with Crippen LogP contribution in [0, 0.1) is 0 Å². The molecule has 1 heterocycles. The van der Waals surface area contributed by atoms with Gasteiger partial charge in [-0.1, -0.05) is 161 Å². The van der Waals surface area contributed by atoms with Crippen LogP contribution in [0.3, 0.4) is 0 Å². The summed E-state index contributed by atoms with van der Waals surface area (Å²) in [6, 6.07) is 11.9. The molecule has 9 nitrogen and oxygen atoms in total. The van der Waals surface area contributed by atoms with Crippen LogP contribution in [-0.2, 0) is 66.1 Å². The predicted molar refractivity (Wildman–Crippen MR) is 256 cm³/mol. The maximum Gasteiger partial charge on any atom is 0.323 e. The van der Waals surface area contributed by atoms with Crippen molar-refractivity contribution in [3.63, 3.8) is 0 Å². The Balaban J connectivity index is 1.72. The van der Waals surface area contributed by atoms with Crippen LogP contribution >= 0.6 is 0 Å². The summed E-state index contributed by atoms with van der Waals surface area (Å²) in [5.74, 6) is 0.123. The molecule has 9 heteroatoms. The Morgan fingerprint density at radius 2 is 0.730 bits per heavy atom. The second kappa shape index (κ2) is 18.0. The molecule has 3 aromatic rings. The van der Waals surface area contributed by atoms with Crippen molar-refractivity contribution in [1.29, 1.82) is 0 Å². The number of amides is 3. The first kappa shape index (κ1) is 51.4. The monoisotopic (exact) mass is 869 g/mol. The standard InChI is InChI=1S/C54H81N3O6/c1-49(2,3)37-25-34(26-38(46(37)61)50(4,5)6)19-22-43(58)56-31-55-32-57(33-56,44(59)23-20-35-27-39(51(7,8)9)47(62)40(28-35)52(10,11)12)45(60)24-21-36-29-41(53(13,14)15)48(63)42(30-36)54(16,17)18/h25-30,55H,19-24,31-33H2,1-18H3,(H2-,61,62,63)/p+1. The van der Waals surface area contributed by atoms with Crippen molar-refractivity contribution >= 4 is 17.7 Å².